The number of sulfonamides is 1. The van der Waals surface area contributed by atoms with E-state index < -0.39 is 16.1 Å². The summed E-state index contributed by atoms with van der Waals surface area (Å²) >= 11 is 1.24. The van der Waals surface area contributed by atoms with Crippen LogP contribution >= 0.6 is 11.5 Å². The predicted molar refractivity (Wildman–Crippen MR) is 198 cm³/mol. The summed E-state index contributed by atoms with van der Waals surface area (Å²) in [6.45, 7) is 21.5. The number of aliphatic hydroxyl groups excluding tert-OH is 1. The van der Waals surface area contributed by atoms with Crippen LogP contribution in [-0.4, -0.2) is 58.6 Å². The predicted octanol–water partition coefficient (Wildman–Crippen LogP) is 8.79. The van der Waals surface area contributed by atoms with Gasteiger partial charge in [-0.1, -0.05) is 92.1 Å². The first-order valence-corrected chi connectivity index (χ1v) is 19.9. The van der Waals surface area contributed by atoms with Crippen molar-refractivity contribution >= 4 is 26.7 Å². The van der Waals surface area contributed by atoms with Crippen molar-refractivity contribution < 1.29 is 18.3 Å². The van der Waals surface area contributed by atoms with Crippen LogP contribution in [0.3, 0.4) is 0 Å². The van der Waals surface area contributed by atoms with E-state index in [0.717, 1.165) is 31.4 Å². The average molecular weight is 699 g/mol. The maximum absolute atomic E-state index is 13.9. The van der Waals surface area contributed by atoms with E-state index >= 15 is 0 Å². The number of hydrogen-bond donors (Lipinski definition) is 1. The van der Waals surface area contributed by atoms with Gasteiger partial charge in [-0.2, -0.15) is 8.68 Å². The number of aromatic nitrogens is 2. The molecule has 8 nitrogen and oxygen atoms in total. The minimum absolute atomic E-state index is 0.0712. The first-order valence-electron chi connectivity index (χ1n) is 17.5. The molecule has 0 radical (unpaired) electrons. The second-order valence-corrected chi connectivity index (χ2v) is 19.2. The highest BCUT2D eigenvalue weighted by Crippen LogP contribution is 2.36. The highest BCUT2D eigenvalue weighted by Gasteiger charge is 2.36. The van der Waals surface area contributed by atoms with Crippen molar-refractivity contribution in [3.8, 4) is 11.5 Å². The van der Waals surface area contributed by atoms with Crippen LogP contribution in [0.4, 0.5) is 5.13 Å². The SMILES string of the molecule is CC(CCC(CS(=O)(=O)N1CCN(c2nc(C(O)c3ccc(Oc4ccccc4)cc3)ns2)C(C)C1)C(C)CC(C)(C)C)CC(C)(C)C. The van der Waals surface area contributed by atoms with Gasteiger partial charge in [0.15, 0.2) is 5.82 Å². The molecule has 266 valence electrons. The number of hydrogen-bond acceptors (Lipinski definition) is 8. The monoisotopic (exact) mass is 698 g/mol. The molecule has 5 unspecified atom stereocenters. The van der Waals surface area contributed by atoms with E-state index in [9.17, 15) is 13.5 Å². The maximum Gasteiger partial charge on any atom is 0.214 e. The lowest BCUT2D eigenvalue weighted by atomic mass is 9.77. The van der Waals surface area contributed by atoms with Gasteiger partial charge >= 0.3 is 0 Å². The van der Waals surface area contributed by atoms with E-state index in [-0.39, 0.29) is 28.5 Å². The van der Waals surface area contributed by atoms with Crippen molar-refractivity contribution in [3.63, 3.8) is 0 Å². The van der Waals surface area contributed by atoms with Crippen LogP contribution in [-0.2, 0) is 10.0 Å². The Morgan fingerprint density at radius 2 is 1.54 bits per heavy atom. The third-order valence-electron chi connectivity index (χ3n) is 9.23. The van der Waals surface area contributed by atoms with Crippen molar-refractivity contribution in [3.05, 3.63) is 66.0 Å². The van der Waals surface area contributed by atoms with Crippen molar-refractivity contribution in [1.29, 1.82) is 0 Å². The van der Waals surface area contributed by atoms with Gasteiger partial charge in [-0.05, 0) is 84.6 Å². The first-order chi connectivity index (χ1) is 22.4. The van der Waals surface area contributed by atoms with Crippen LogP contribution in [0, 0.1) is 28.6 Å². The lowest BCUT2D eigenvalue weighted by Gasteiger charge is -2.40. The molecule has 48 heavy (non-hydrogen) atoms. The number of anilines is 1. The van der Waals surface area contributed by atoms with Crippen LogP contribution in [0.5, 0.6) is 11.5 Å². The molecule has 1 N–H and O–H groups in total. The minimum Gasteiger partial charge on any atom is -0.457 e. The molecule has 1 fully saturated rings. The van der Waals surface area contributed by atoms with Gasteiger partial charge in [-0.3, -0.25) is 0 Å². The summed E-state index contributed by atoms with van der Waals surface area (Å²) < 4.78 is 39.9. The van der Waals surface area contributed by atoms with Crippen molar-refractivity contribution in [1.82, 2.24) is 13.7 Å². The molecule has 0 saturated carbocycles. The second-order valence-electron chi connectivity index (χ2n) is 16.5. The molecule has 2 heterocycles. The molecule has 5 atom stereocenters. The van der Waals surface area contributed by atoms with Gasteiger partial charge < -0.3 is 14.7 Å². The van der Waals surface area contributed by atoms with Gasteiger partial charge in [0.2, 0.25) is 15.2 Å². The summed E-state index contributed by atoms with van der Waals surface area (Å²) in [4.78, 5) is 6.81. The van der Waals surface area contributed by atoms with E-state index in [1.165, 1.54) is 11.5 Å². The van der Waals surface area contributed by atoms with E-state index in [2.05, 4.69) is 64.7 Å². The zero-order valence-electron chi connectivity index (χ0n) is 30.5. The van der Waals surface area contributed by atoms with E-state index in [1.807, 2.05) is 61.5 Å². The number of aliphatic hydroxyl groups is 1. The molecule has 4 rings (SSSR count). The van der Waals surface area contributed by atoms with E-state index in [4.69, 9.17) is 9.72 Å². The summed E-state index contributed by atoms with van der Waals surface area (Å²) in [5, 5.41) is 11.8. The molecule has 0 aliphatic carbocycles. The Hall–Kier alpha value is -2.53. The van der Waals surface area contributed by atoms with Crippen LogP contribution < -0.4 is 9.64 Å². The van der Waals surface area contributed by atoms with Gasteiger partial charge in [0.1, 0.15) is 17.6 Å². The Bertz CT molecular complexity index is 1530. The van der Waals surface area contributed by atoms with Crippen LogP contribution in [0.25, 0.3) is 0 Å². The average Bonchev–Trinajstić information content (AvgIpc) is 3.48. The molecule has 0 spiro atoms. The molecular weight excluding hydrogens is 641 g/mol. The topological polar surface area (TPSA) is 95.9 Å². The number of benzene rings is 2. The van der Waals surface area contributed by atoms with Gasteiger partial charge in [0.05, 0.1) is 5.75 Å². The molecule has 1 aliphatic heterocycles. The summed E-state index contributed by atoms with van der Waals surface area (Å²) in [6, 6.07) is 16.8. The summed E-state index contributed by atoms with van der Waals surface area (Å²) in [5.41, 5.74) is 1.09. The van der Waals surface area contributed by atoms with Gasteiger partial charge in [-0.15, -0.1) is 0 Å². The summed E-state index contributed by atoms with van der Waals surface area (Å²) in [6.07, 6.45) is 3.15. The van der Waals surface area contributed by atoms with Crippen LogP contribution in [0.2, 0.25) is 0 Å². The summed E-state index contributed by atoms with van der Waals surface area (Å²) in [7, 11) is -3.45. The molecule has 0 bridgehead atoms. The molecule has 1 saturated heterocycles. The van der Waals surface area contributed by atoms with E-state index in [0.29, 0.717) is 53.7 Å². The Morgan fingerprint density at radius 3 is 2.15 bits per heavy atom. The minimum atomic E-state index is -3.45. The Morgan fingerprint density at radius 1 is 0.917 bits per heavy atom. The molecule has 1 aromatic heterocycles. The van der Waals surface area contributed by atoms with Crippen molar-refractivity contribution in [2.75, 3.05) is 30.3 Å². The quantitative estimate of drug-likeness (QED) is 0.180. The Balaban J connectivity index is 1.37. The third kappa shape index (κ3) is 11.3. The number of nitrogens with zero attached hydrogens (tertiary/aromatic N) is 4. The molecule has 1 aliphatic rings. The van der Waals surface area contributed by atoms with Crippen LogP contribution in [0.15, 0.2) is 54.6 Å². The standard InChI is InChI=1S/C38H58N4O4S2/c1-27(23-37(4,5)6)15-16-31(28(2)24-38(7,8)9)26-48(44,45)41-21-22-42(29(3)25-41)36-39-35(40-47-36)34(43)30-17-19-33(20-18-30)46-32-13-11-10-12-14-32/h10-14,17-20,27-29,31,34,43H,15-16,21-26H2,1-9H3. The molecule has 3 aromatic rings. The Labute approximate surface area is 294 Å². The van der Waals surface area contributed by atoms with Crippen molar-refractivity contribution in [2.24, 2.45) is 28.6 Å². The van der Waals surface area contributed by atoms with Gasteiger partial charge in [0.25, 0.3) is 0 Å². The second kappa shape index (κ2) is 16.0. The largest absolute Gasteiger partial charge is 0.457 e. The number of rotatable bonds is 14. The van der Waals surface area contributed by atoms with E-state index in [1.54, 1.807) is 4.31 Å². The van der Waals surface area contributed by atoms with Gasteiger partial charge in [0, 0.05) is 37.2 Å². The summed E-state index contributed by atoms with van der Waals surface area (Å²) in [5.74, 6) is 2.96. The normalized spacial score (nSPS) is 19.1. The number of piperazine rings is 1. The molecular formula is C38H58N4O4S2. The maximum atomic E-state index is 13.9. The smallest absolute Gasteiger partial charge is 0.214 e. The molecule has 10 heteroatoms. The third-order valence-corrected chi connectivity index (χ3v) is 12.0. The first kappa shape index (κ1) is 38.3. The zero-order valence-corrected chi connectivity index (χ0v) is 32.2. The van der Waals surface area contributed by atoms with Crippen LogP contribution in [0.1, 0.15) is 105 Å². The lowest BCUT2D eigenvalue weighted by Crippen LogP contribution is -2.54. The fourth-order valence-corrected chi connectivity index (χ4v) is 9.97. The number of ether oxygens (including phenoxy) is 1. The highest BCUT2D eigenvalue weighted by molar-refractivity contribution is 7.89. The fraction of sp³-hybridized carbons (Fsp3) is 0.632. The highest BCUT2D eigenvalue weighted by atomic mass is 32.2. The Kier molecular flexibility index (Phi) is 12.8. The fourth-order valence-electron chi connectivity index (χ4n) is 7.09. The van der Waals surface area contributed by atoms with Gasteiger partial charge in [-0.25, -0.2) is 13.4 Å². The number of para-hydroxylation sites is 1. The lowest BCUT2D eigenvalue weighted by molar-refractivity contribution is 0.211. The molecule has 2 aromatic carbocycles. The molecule has 0 amide bonds. The zero-order chi connectivity index (χ0) is 35.3. The van der Waals surface area contributed by atoms with Crippen molar-refractivity contribution in [2.45, 2.75) is 100 Å².